The second kappa shape index (κ2) is 6.87. The van der Waals surface area contributed by atoms with Crippen molar-refractivity contribution >= 4 is 15.9 Å². The molecule has 0 aromatic carbocycles. The van der Waals surface area contributed by atoms with E-state index in [0.717, 1.165) is 6.42 Å². The second-order valence-corrected chi connectivity index (χ2v) is 6.42. The van der Waals surface area contributed by atoms with Crippen molar-refractivity contribution in [3.05, 3.63) is 18.0 Å². The van der Waals surface area contributed by atoms with Crippen LogP contribution in [0.5, 0.6) is 0 Å². The van der Waals surface area contributed by atoms with Crippen LogP contribution < -0.4 is 10.0 Å². The van der Waals surface area contributed by atoms with E-state index in [2.05, 4.69) is 10.0 Å². The van der Waals surface area contributed by atoms with E-state index >= 15 is 0 Å². The van der Waals surface area contributed by atoms with Crippen molar-refractivity contribution in [2.45, 2.75) is 30.8 Å². The summed E-state index contributed by atoms with van der Waals surface area (Å²) in [5, 5.41) is 12.1. The first kappa shape index (κ1) is 16.7. The van der Waals surface area contributed by atoms with Crippen LogP contribution in [-0.4, -0.2) is 43.7 Å². The Morgan fingerprint density at radius 2 is 2.15 bits per heavy atom. The van der Waals surface area contributed by atoms with Crippen LogP contribution in [0.4, 0.5) is 0 Å². The number of hydrogen-bond acceptors (Lipinski definition) is 4. The average molecular weight is 303 g/mol. The minimum atomic E-state index is -3.57. The van der Waals surface area contributed by atoms with Crippen LogP contribution in [0.3, 0.4) is 0 Å². The summed E-state index contributed by atoms with van der Waals surface area (Å²) in [7, 11) is -0.675. The van der Waals surface area contributed by atoms with Crippen LogP contribution >= 0.6 is 0 Å². The number of amides is 1. The summed E-state index contributed by atoms with van der Waals surface area (Å²) < 4.78 is 26.9. The topological polar surface area (TPSA) is 100 Å². The van der Waals surface area contributed by atoms with E-state index in [4.69, 9.17) is 0 Å². The first-order valence-electron chi connectivity index (χ1n) is 6.38. The molecular weight excluding hydrogens is 282 g/mol. The van der Waals surface area contributed by atoms with Gasteiger partial charge in [-0.15, -0.1) is 0 Å². The quantitative estimate of drug-likeness (QED) is 0.650. The Morgan fingerprint density at radius 1 is 1.50 bits per heavy atom. The number of carbonyl (C=O) groups excluding carboxylic acids is 1. The maximum atomic E-state index is 11.9. The number of nitrogens with one attached hydrogen (secondary N) is 2. The third-order valence-corrected chi connectivity index (χ3v) is 4.29. The minimum Gasteiger partial charge on any atom is -0.391 e. The molecule has 0 bridgehead atoms. The first-order valence-corrected chi connectivity index (χ1v) is 7.86. The largest absolute Gasteiger partial charge is 0.391 e. The number of hydrogen-bond donors (Lipinski definition) is 3. The van der Waals surface area contributed by atoms with Crippen LogP contribution in [-0.2, 0) is 17.1 Å². The predicted molar refractivity (Wildman–Crippen MR) is 74.9 cm³/mol. The number of nitrogens with zero attached hydrogens (tertiary/aromatic N) is 1. The molecule has 1 unspecified atom stereocenters. The molecule has 0 spiro atoms. The Morgan fingerprint density at radius 3 is 2.70 bits per heavy atom. The monoisotopic (exact) mass is 303 g/mol. The predicted octanol–water partition coefficient (Wildman–Crippen LogP) is -0.176. The summed E-state index contributed by atoms with van der Waals surface area (Å²) in [6.45, 7) is 2.09. The van der Waals surface area contributed by atoms with E-state index in [9.17, 15) is 18.3 Å². The molecule has 1 aromatic rings. The van der Waals surface area contributed by atoms with Crippen molar-refractivity contribution in [3.8, 4) is 0 Å². The highest BCUT2D eigenvalue weighted by atomic mass is 32.2. The van der Waals surface area contributed by atoms with Gasteiger partial charge in [0.1, 0.15) is 10.6 Å². The van der Waals surface area contributed by atoms with Crippen molar-refractivity contribution in [1.82, 2.24) is 14.6 Å². The molecule has 7 nitrogen and oxygen atoms in total. The fourth-order valence-corrected chi connectivity index (χ4v) is 2.56. The van der Waals surface area contributed by atoms with Crippen LogP contribution in [0.1, 0.15) is 30.3 Å². The highest BCUT2D eigenvalue weighted by Gasteiger charge is 2.19. The number of aryl methyl sites for hydroxylation is 1. The number of carbonyl (C=O) groups is 1. The normalized spacial score (nSPS) is 13.2. The van der Waals surface area contributed by atoms with E-state index in [1.165, 1.54) is 23.9 Å². The molecule has 1 rings (SSSR count). The SMILES string of the molecule is CCCC(O)CNC(=O)c1cc(S(=O)(=O)NC)cn1C. The fourth-order valence-electron chi connectivity index (χ4n) is 1.76. The lowest BCUT2D eigenvalue weighted by Crippen LogP contribution is -2.32. The Balaban J connectivity index is 2.80. The molecule has 114 valence electrons. The molecule has 1 aromatic heterocycles. The van der Waals surface area contributed by atoms with E-state index in [-0.39, 0.29) is 17.1 Å². The van der Waals surface area contributed by atoms with Gasteiger partial charge in [-0.1, -0.05) is 13.3 Å². The zero-order chi connectivity index (χ0) is 15.3. The highest BCUT2D eigenvalue weighted by molar-refractivity contribution is 7.89. The molecule has 0 saturated carbocycles. The van der Waals surface area contributed by atoms with Gasteiger partial charge in [0.15, 0.2) is 0 Å². The van der Waals surface area contributed by atoms with Gasteiger partial charge in [-0.05, 0) is 19.5 Å². The van der Waals surface area contributed by atoms with Gasteiger partial charge < -0.3 is 15.0 Å². The lowest BCUT2D eigenvalue weighted by atomic mass is 10.2. The number of aliphatic hydroxyl groups excluding tert-OH is 1. The third-order valence-electron chi connectivity index (χ3n) is 2.91. The molecule has 20 heavy (non-hydrogen) atoms. The molecule has 1 heterocycles. The maximum Gasteiger partial charge on any atom is 0.268 e. The minimum absolute atomic E-state index is 0.0294. The lowest BCUT2D eigenvalue weighted by Gasteiger charge is -2.10. The Hall–Kier alpha value is -1.38. The summed E-state index contributed by atoms with van der Waals surface area (Å²) in [4.78, 5) is 12.0. The Labute approximate surface area is 119 Å². The summed E-state index contributed by atoms with van der Waals surface area (Å²) in [5.74, 6) is -0.416. The van der Waals surface area contributed by atoms with Crippen LogP contribution in [0.15, 0.2) is 17.2 Å². The molecule has 8 heteroatoms. The molecule has 0 aliphatic carbocycles. The van der Waals surface area contributed by atoms with Gasteiger partial charge in [-0.2, -0.15) is 0 Å². The first-order chi connectivity index (χ1) is 9.31. The Bertz CT molecular complexity index is 565. The van der Waals surface area contributed by atoms with Gasteiger partial charge in [0.2, 0.25) is 10.0 Å². The van der Waals surface area contributed by atoms with E-state index in [1.54, 1.807) is 7.05 Å². The number of rotatable bonds is 7. The van der Waals surface area contributed by atoms with Gasteiger partial charge in [0, 0.05) is 19.8 Å². The van der Waals surface area contributed by atoms with Crippen molar-refractivity contribution in [2.24, 2.45) is 7.05 Å². The van der Waals surface area contributed by atoms with Gasteiger partial charge in [0.25, 0.3) is 5.91 Å². The van der Waals surface area contributed by atoms with Gasteiger partial charge in [0.05, 0.1) is 6.10 Å². The molecule has 3 N–H and O–H groups in total. The zero-order valence-electron chi connectivity index (χ0n) is 11.9. The van der Waals surface area contributed by atoms with Crippen molar-refractivity contribution in [2.75, 3.05) is 13.6 Å². The number of sulfonamides is 1. The highest BCUT2D eigenvalue weighted by Crippen LogP contribution is 2.13. The van der Waals surface area contributed by atoms with Crippen molar-refractivity contribution in [3.63, 3.8) is 0 Å². The van der Waals surface area contributed by atoms with E-state index in [1.807, 2.05) is 6.92 Å². The molecule has 0 aliphatic rings. The van der Waals surface area contributed by atoms with Crippen LogP contribution in [0.2, 0.25) is 0 Å². The second-order valence-electron chi connectivity index (χ2n) is 4.53. The van der Waals surface area contributed by atoms with Crippen molar-refractivity contribution in [1.29, 1.82) is 0 Å². The van der Waals surface area contributed by atoms with Gasteiger partial charge in [-0.3, -0.25) is 4.79 Å². The maximum absolute atomic E-state index is 11.9. The number of aromatic nitrogens is 1. The molecule has 0 fully saturated rings. The standard InChI is InChI=1S/C12H21N3O4S/c1-4-5-9(16)7-14-12(17)11-6-10(8-15(11)3)20(18,19)13-2/h6,8-9,13,16H,4-5,7H2,1-3H3,(H,14,17). The third kappa shape index (κ3) is 4.06. The average Bonchev–Trinajstić information content (AvgIpc) is 2.79. The van der Waals surface area contributed by atoms with Crippen molar-refractivity contribution < 1.29 is 18.3 Å². The molecule has 1 amide bonds. The van der Waals surface area contributed by atoms with Gasteiger partial charge in [-0.25, -0.2) is 13.1 Å². The summed E-state index contributed by atoms with van der Waals surface area (Å²) in [5.41, 5.74) is 0.225. The summed E-state index contributed by atoms with van der Waals surface area (Å²) in [6.07, 6.45) is 2.20. The zero-order valence-corrected chi connectivity index (χ0v) is 12.7. The molecular formula is C12H21N3O4S. The Kier molecular flexibility index (Phi) is 5.73. The molecule has 0 saturated heterocycles. The van der Waals surface area contributed by atoms with E-state index < -0.39 is 22.0 Å². The van der Waals surface area contributed by atoms with Gasteiger partial charge >= 0.3 is 0 Å². The smallest absolute Gasteiger partial charge is 0.268 e. The molecule has 0 aliphatic heterocycles. The van der Waals surface area contributed by atoms with Crippen LogP contribution in [0, 0.1) is 0 Å². The number of aliphatic hydroxyl groups is 1. The van der Waals surface area contributed by atoms with Crippen LogP contribution in [0.25, 0.3) is 0 Å². The summed E-state index contributed by atoms with van der Waals surface area (Å²) in [6, 6.07) is 1.30. The molecule has 0 radical (unpaired) electrons. The fraction of sp³-hybridized carbons (Fsp3) is 0.583. The summed E-state index contributed by atoms with van der Waals surface area (Å²) >= 11 is 0. The molecule has 1 atom stereocenters. The van der Waals surface area contributed by atoms with E-state index in [0.29, 0.717) is 6.42 Å². The lowest BCUT2D eigenvalue weighted by molar-refractivity contribution is 0.0902.